The highest BCUT2D eigenvalue weighted by molar-refractivity contribution is 9.11. The molecule has 0 aromatic heterocycles. The lowest BCUT2D eigenvalue weighted by Gasteiger charge is -2.21. The van der Waals surface area contributed by atoms with Gasteiger partial charge in [-0.15, -0.1) is 0 Å². The maximum Gasteiger partial charge on any atom is 0.126 e. The normalized spacial score (nSPS) is 12.4. The number of nitrogens with one attached hydrogen (secondary N) is 1. The number of hydrogen-bond donors (Lipinski definition) is 1. The Morgan fingerprint density at radius 1 is 1.15 bits per heavy atom. The van der Waals surface area contributed by atoms with Crippen LogP contribution in [-0.2, 0) is 0 Å². The molecule has 0 saturated carbocycles. The molecule has 1 N–H and O–H groups in total. The van der Waals surface area contributed by atoms with Gasteiger partial charge in [-0.3, -0.25) is 0 Å². The molecule has 1 unspecified atom stereocenters. The smallest absolute Gasteiger partial charge is 0.126 e. The number of aryl methyl sites for hydroxylation is 1. The van der Waals surface area contributed by atoms with Gasteiger partial charge in [-0.25, -0.2) is 4.39 Å². The summed E-state index contributed by atoms with van der Waals surface area (Å²) in [4.78, 5) is 0. The van der Waals surface area contributed by atoms with Crippen LogP contribution in [0.15, 0.2) is 45.3 Å². The van der Waals surface area contributed by atoms with E-state index < -0.39 is 0 Å². The molecule has 0 saturated heterocycles. The highest BCUT2D eigenvalue weighted by atomic mass is 79.9. The van der Waals surface area contributed by atoms with E-state index in [1.807, 2.05) is 31.2 Å². The quantitative estimate of drug-likeness (QED) is 0.728. The van der Waals surface area contributed by atoms with Crippen molar-refractivity contribution in [1.29, 1.82) is 0 Å². The zero-order valence-electron chi connectivity index (χ0n) is 11.4. The molecule has 106 valence electrons. The third-order valence-electron chi connectivity index (χ3n) is 3.21. The Morgan fingerprint density at radius 3 is 2.55 bits per heavy atom. The predicted molar refractivity (Wildman–Crippen MR) is 88.5 cm³/mol. The Kier molecular flexibility index (Phi) is 5.35. The van der Waals surface area contributed by atoms with Crippen molar-refractivity contribution < 1.29 is 4.39 Å². The van der Waals surface area contributed by atoms with Crippen LogP contribution in [0.1, 0.15) is 29.7 Å². The summed E-state index contributed by atoms with van der Waals surface area (Å²) in [6, 6.07) is 11.4. The van der Waals surface area contributed by atoms with Crippen LogP contribution in [-0.4, -0.2) is 6.54 Å². The third-order valence-corrected chi connectivity index (χ3v) is 4.42. The third kappa shape index (κ3) is 3.48. The maximum atomic E-state index is 13.8. The van der Waals surface area contributed by atoms with Crippen LogP contribution in [0.5, 0.6) is 0 Å². The second-order valence-electron chi connectivity index (χ2n) is 4.67. The monoisotopic (exact) mass is 399 g/mol. The van der Waals surface area contributed by atoms with Crippen LogP contribution in [0.4, 0.5) is 4.39 Å². The molecule has 0 bridgehead atoms. The Bertz CT molecular complexity index is 613. The Balaban J connectivity index is 2.49. The average molecular weight is 401 g/mol. The summed E-state index contributed by atoms with van der Waals surface area (Å²) >= 11 is 7.07. The standard InChI is InChI=1S/C16H16Br2FN/c1-3-20-16(11-5-4-10(2)15(19)8-11)13-9-12(17)6-7-14(13)18/h4-9,16,20H,3H2,1-2H3. The van der Waals surface area contributed by atoms with Gasteiger partial charge in [-0.1, -0.05) is 50.9 Å². The van der Waals surface area contributed by atoms with Crippen molar-refractivity contribution >= 4 is 31.9 Å². The first-order valence-corrected chi connectivity index (χ1v) is 8.06. The van der Waals surface area contributed by atoms with Gasteiger partial charge in [-0.05, 0) is 54.4 Å². The first-order valence-electron chi connectivity index (χ1n) is 6.47. The largest absolute Gasteiger partial charge is 0.306 e. The Labute approximate surface area is 135 Å². The molecule has 0 radical (unpaired) electrons. The molecule has 2 aromatic rings. The van der Waals surface area contributed by atoms with Gasteiger partial charge in [-0.2, -0.15) is 0 Å². The highest BCUT2D eigenvalue weighted by Crippen LogP contribution is 2.31. The zero-order chi connectivity index (χ0) is 14.7. The number of halogens is 3. The minimum atomic E-state index is -0.170. The van der Waals surface area contributed by atoms with Gasteiger partial charge in [0.25, 0.3) is 0 Å². The summed E-state index contributed by atoms with van der Waals surface area (Å²) in [5.41, 5.74) is 2.68. The van der Waals surface area contributed by atoms with Gasteiger partial charge in [0.05, 0.1) is 6.04 Å². The van der Waals surface area contributed by atoms with E-state index in [1.165, 1.54) is 0 Å². The topological polar surface area (TPSA) is 12.0 Å². The molecule has 2 aromatic carbocycles. The second-order valence-corrected chi connectivity index (χ2v) is 6.44. The summed E-state index contributed by atoms with van der Waals surface area (Å²) < 4.78 is 15.8. The lowest BCUT2D eigenvalue weighted by Crippen LogP contribution is -2.22. The summed E-state index contributed by atoms with van der Waals surface area (Å²) in [6.07, 6.45) is 0. The van der Waals surface area contributed by atoms with Gasteiger partial charge in [0, 0.05) is 8.95 Å². The molecule has 2 rings (SSSR count). The minimum Gasteiger partial charge on any atom is -0.306 e. The van der Waals surface area contributed by atoms with E-state index in [9.17, 15) is 4.39 Å². The molecule has 20 heavy (non-hydrogen) atoms. The van der Waals surface area contributed by atoms with Crippen LogP contribution in [0.2, 0.25) is 0 Å². The molecule has 1 nitrogen and oxygen atoms in total. The molecule has 0 amide bonds. The SMILES string of the molecule is CCNC(c1ccc(C)c(F)c1)c1cc(Br)ccc1Br. The van der Waals surface area contributed by atoms with Crippen molar-refractivity contribution in [3.05, 3.63) is 67.9 Å². The van der Waals surface area contributed by atoms with Gasteiger partial charge in [0.2, 0.25) is 0 Å². The van der Waals surface area contributed by atoms with E-state index in [0.717, 1.165) is 26.6 Å². The molecule has 0 aliphatic heterocycles. The van der Waals surface area contributed by atoms with E-state index in [2.05, 4.69) is 43.2 Å². The number of rotatable bonds is 4. The van der Waals surface area contributed by atoms with E-state index in [4.69, 9.17) is 0 Å². The van der Waals surface area contributed by atoms with E-state index in [-0.39, 0.29) is 11.9 Å². The first kappa shape index (κ1) is 15.7. The Morgan fingerprint density at radius 2 is 1.90 bits per heavy atom. The fourth-order valence-corrected chi connectivity index (χ4v) is 2.99. The van der Waals surface area contributed by atoms with Crippen molar-refractivity contribution in [2.45, 2.75) is 19.9 Å². The molecule has 0 aliphatic carbocycles. The van der Waals surface area contributed by atoms with Crippen LogP contribution in [0.25, 0.3) is 0 Å². The fraction of sp³-hybridized carbons (Fsp3) is 0.250. The lowest BCUT2D eigenvalue weighted by molar-refractivity contribution is 0.596. The summed E-state index contributed by atoms with van der Waals surface area (Å²) in [5.74, 6) is -0.170. The van der Waals surface area contributed by atoms with Gasteiger partial charge < -0.3 is 5.32 Å². The lowest BCUT2D eigenvalue weighted by atomic mass is 9.97. The van der Waals surface area contributed by atoms with Gasteiger partial charge >= 0.3 is 0 Å². The van der Waals surface area contributed by atoms with E-state index in [0.29, 0.717) is 5.56 Å². The molecule has 0 heterocycles. The van der Waals surface area contributed by atoms with Crippen molar-refractivity contribution in [3.8, 4) is 0 Å². The number of benzene rings is 2. The summed E-state index contributed by atoms with van der Waals surface area (Å²) in [5, 5.41) is 3.41. The minimum absolute atomic E-state index is 0.0398. The van der Waals surface area contributed by atoms with Crippen molar-refractivity contribution in [2.75, 3.05) is 6.54 Å². The average Bonchev–Trinajstić information content (AvgIpc) is 2.42. The van der Waals surface area contributed by atoms with Crippen LogP contribution < -0.4 is 5.32 Å². The first-order chi connectivity index (χ1) is 9.52. The molecule has 0 fully saturated rings. The van der Waals surface area contributed by atoms with Crippen molar-refractivity contribution in [1.82, 2.24) is 5.32 Å². The summed E-state index contributed by atoms with van der Waals surface area (Å²) in [7, 11) is 0. The van der Waals surface area contributed by atoms with Gasteiger partial charge in [0.15, 0.2) is 0 Å². The Hall–Kier alpha value is -0.710. The molecule has 0 aliphatic rings. The van der Waals surface area contributed by atoms with Crippen LogP contribution in [0.3, 0.4) is 0 Å². The molecular formula is C16H16Br2FN. The second kappa shape index (κ2) is 6.83. The number of hydrogen-bond acceptors (Lipinski definition) is 1. The van der Waals surface area contributed by atoms with Crippen LogP contribution in [0, 0.1) is 12.7 Å². The van der Waals surface area contributed by atoms with E-state index >= 15 is 0 Å². The zero-order valence-corrected chi connectivity index (χ0v) is 14.6. The summed E-state index contributed by atoms with van der Waals surface area (Å²) in [6.45, 7) is 4.62. The highest BCUT2D eigenvalue weighted by Gasteiger charge is 2.17. The van der Waals surface area contributed by atoms with E-state index in [1.54, 1.807) is 13.0 Å². The molecule has 4 heteroatoms. The molecule has 1 atom stereocenters. The van der Waals surface area contributed by atoms with Crippen molar-refractivity contribution in [2.24, 2.45) is 0 Å². The van der Waals surface area contributed by atoms with Crippen molar-refractivity contribution in [3.63, 3.8) is 0 Å². The van der Waals surface area contributed by atoms with Crippen LogP contribution >= 0.6 is 31.9 Å². The fourth-order valence-electron chi connectivity index (χ4n) is 2.14. The maximum absolute atomic E-state index is 13.8. The predicted octanol–water partition coefficient (Wildman–Crippen LogP) is 5.36. The molecule has 0 spiro atoms. The van der Waals surface area contributed by atoms with Gasteiger partial charge in [0.1, 0.15) is 5.82 Å². The molecular weight excluding hydrogens is 385 g/mol.